The molecule has 1 aromatic rings. The average molecular weight is 309 g/mol. The summed E-state index contributed by atoms with van der Waals surface area (Å²) in [7, 11) is 4.69. The summed E-state index contributed by atoms with van der Waals surface area (Å²) in [6.07, 6.45) is 1.59. The van der Waals surface area contributed by atoms with Crippen LogP contribution in [0.25, 0.3) is 0 Å². The molecule has 22 heavy (non-hydrogen) atoms. The Kier molecular flexibility index (Phi) is 6.69. The molecular weight excluding hydrogens is 286 g/mol. The fraction of sp³-hybridized carbons (Fsp3) is 0.500. The first-order valence-corrected chi connectivity index (χ1v) is 7.10. The second kappa shape index (κ2) is 8.26. The van der Waals surface area contributed by atoms with Crippen LogP contribution in [-0.4, -0.2) is 49.2 Å². The van der Waals surface area contributed by atoms with Gasteiger partial charge in [-0.3, -0.25) is 4.79 Å². The molecule has 0 aromatic heterocycles. The molecule has 0 spiro atoms. The summed E-state index contributed by atoms with van der Waals surface area (Å²) in [5.41, 5.74) is 0.991. The Morgan fingerprint density at radius 2 is 1.95 bits per heavy atom. The number of likely N-dealkylation sites (N-methyl/N-ethyl adjacent to an activating group) is 1. The highest BCUT2D eigenvalue weighted by Gasteiger charge is 2.21. The molecule has 1 atom stereocenters. The highest BCUT2D eigenvalue weighted by atomic mass is 16.5. The van der Waals surface area contributed by atoms with Crippen molar-refractivity contribution >= 4 is 11.9 Å². The monoisotopic (exact) mass is 309 g/mol. The van der Waals surface area contributed by atoms with E-state index in [1.165, 1.54) is 18.9 Å². The average Bonchev–Trinajstić information content (AvgIpc) is 2.53. The number of aliphatic carboxylic acids is 1. The van der Waals surface area contributed by atoms with Gasteiger partial charge in [0.25, 0.3) is 0 Å². The molecule has 6 nitrogen and oxygen atoms in total. The van der Waals surface area contributed by atoms with E-state index in [2.05, 4.69) is 0 Å². The van der Waals surface area contributed by atoms with Crippen LogP contribution in [0.4, 0.5) is 0 Å². The number of carbonyl (C=O) groups is 2. The van der Waals surface area contributed by atoms with E-state index >= 15 is 0 Å². The van der Waals surface area contributed by atoms with E-state index in [0.29, 0.717) is 25.0 Å². The van der Waals surface area contributed by atoms with E-state index in [9.17, 15) is 9.59 Å². The zero-order chi connectivity index (χ0) is 16.7. The Bertz CT molecular complexity index is 529. The van der Waals surface area contributed by atoms with Gasteiger partial charge in [0.2, 0.25) is 5.91 Å². The fourth-order valence-electron chi connectivity index (χ4n) is 2.05. The lowest BCUT2D eigenvalue weighted by atomic mass is 10.1. The van der Waals surface area contributed by atoms with Crippen molar-refractivity contribution in [3.63, 3.8) is 0 Å². The molecule has 6 heteroatoms. The predicted octanol–water partition coefficient (Wildman–Crippen LogP) is 1.96. The third kappa shape index (κ3) is 4.65. The number of hydrogen-bond acceptors (Lipinski definition) is 4. The number of rotatable bonds is 8. The van der Waals surface area contributed by atoms with Crippen molar-refractivity contribution in [2.24, 2.45) is 0 Å². The lowest BCUT2D eigenvalue weighted by Crippen LogP contribution is -2.40. The largest absolute Gasteiger partial charge is 0.497 e. The topological polar surface area (TPSA) is 76.1 Å². The van der Waals surface area contributed by atoms with Crippen LogP contribution in [0, 0.1) is 0 Å². The van der Waals surface area contributed by atoms with E-state index in [-0.39, 0.29) is 5.91 Å². The quantitative estimate of drug-likeness (QED) is 0.794. The SMILES string of the molecule is COc1ccc(CCCC(=O)N(C)C(C)C(=O)O)c(OC)c1. The van der Waals surface area contributed by atoms with Crippen LogP contribution < -0.4 is 9.47 Å². The van der Waals surface area contributed by atoms with Gasteiger partial charge in [0.05, 0.1) is 14.2 Å². The number of carboxylic acid groups (broad SMARTS) is 1. The Morgan fingerprint density at radius 3 is 2.50 bits per heavy atom. The van der Waals surface area contributed by atoms with Crippen LogP contribution in [0.5, 0.6) is 11.5 Å². The Hall–Kier alpha value is -2.24. The predicted molar refractivity (Wildman–Crippen MR) is 82.4 cm³/mol. The van der Waals surface area contributed by atoms with Gasteiger partial charge in [0, 0.05) is 19.5 Å². The zero-order valence-electron chi connectivity index (χ0n) is 13.5. The van der Waals surface area contributed by atoms with Crippen LogP contribution in [-0.2, 0) is 16.0 Å². The number of nitrogens with zero attached hydrogens (tertiary/aromatic N) is 1. The molecule has 0 fully saturated rings. The molecule has 0 bridgehead atoms. The van der Waals surface area contributed by atoms with E-state index in [4.69, 9.17) is 14.6 Å². The van der Waals surface area contributed by atoms with Crippen molar-refractivity contribution < 1.29 is 24.2 Å². The van der Waals surface area contributed by atoms with Crippen LogP contribution in [0.15, 0.2) is 18.2 Å². The number of ether oxygens (including phenoxy) is 2. The minimum atomic E-state index is -1.01. The second-order valence-electron chi connectivity index (χ2n) is 5.05. The normalized spacial score (nSPS) is 11.6. The van der Waals surface area contributed by atoms with Gasteiger partial charge in [0.1, 0.15) is 17.5 Å². The molecule has 1 aromatic carbocycles. The van der Waals surface area contributed by atoms with E-state index < -0.39 is 12.0 Å². The molecule has 1 amide bonds. The third-order valence-corrected chi connectivity index (χ3v) is 3.66. The summed E-state index contributed by atoms with van der Waals surface area (Å²) in [5, 5.41) is 8.90. The highest BCUT2D eigenvalue weighted by Crippen LogP contribution is 2.25. The molecule has 1 rings (SSSR count). The van der Waals surface area contributed by atoms with Gasteiger partial charge in [-0.25, -0.2) is 4.79 Å². The lowest BCUT2D eigenvalue weighted by Gasteiger charge is -2.21. The molecule has 1 N–H and O–H groups in total. The smallest absolute Gasteiger partial charge is 0.326 e. The number of carboxylic acids is 1. The summed E-state index contributed by atoms with van der Waals surface area (Å²) in [4.78, 5) is 24.1. The maximum atomic E-state index is 11.9. The first kappa shape index (κ1) is 17.8. The number of carbonyl (C=O) groups excluding carboxylic acids is 1. The minimum absolute atomic E-state index is 0.178. The van der Waals surface area contributed by atoms with Crippen molar-refractivity contribution in [2.45, 2.75) is 32.2 Å². The Morgan fingerprint density at radius 1 is 1.27 bits per heavy atom. The maximum absolute atomic E-state index is 11.9. The number of amides is 1. The Balaban J connectivity index is 2.57. The standard InChI is InChI=1S/C16H23NO5/c1-11(16(19)20)17(2)15(18)7-5-6-12-8-9-13(21-3)10-14(12)22-4/h8-11H,5-7H2,1-4H3,(H,19,20). The maximum Gasteiger partial charge on any atom is 0.326 e. The first-order chi connectivity index (χ1) is 10.4. The molecule has 0 saturated heterocycles. The molecular formula is C16H23NO5. The number of aryl methyl sites for hydroxylation is 1. The van der Waals surface area contributed by atoms with Crippen LogP contribution in [0.2, 0.25) is 0 Å². The van der Waals surface area contributed by atoms with E-state index in [1.807, 2.05) is 12.1 Å². The van der Waals surface area contributed by atoms with E-state index in [1.54, 1.807) is 20.3 Å². The second-order valence-corrected chi connectivity index (χ2v) is 5.05. The van der Waals surface area contributed by atoms with Gasteiger partial charge >= 0.3 is 5.97 Å². The number of hydrogen-bond donors (Lipinski definition) is 1. The van der Waals surface area contributed by atoms with Crippen molar-refractivity contribution in [2.75, 3.05) is 21.3 Å². The van der Waals surface area contributed by atoms with Crippen molar-refractivity contribution in [3.05, 3.63) is 23.8 Å². The molecule has 122 valence electrons. The molecule has 0 radical (unpaired) electrons. The summed E-state index contributed by atoms with van der Waals surface area (Å²) in [6, 6.07) is 4.74. The summed E-state index contributed by atoms with van der Waals surface area (Å²) in [6.45, 7) is 1.49. The van der Waals surface area contributed by atoms with Gasteiger partial charge in [-0.15, -0.1) is 0 Å². The molecule has 0 aliphatic heterocycles. The Labute approximate surface area is 130 Å². The van der Waals surface area contributed by atoms with Gasteiger partial charge < -0.3 is 19.5 Å². The summed E-state index contributed by atoms with van der Waals surface area (Å²) < 4.78 is 10.4. The third-order valence-electron chi connectivity index (χ3n) is 3.66. The lowest BCUT2D eigenvalue weighted by molar-refractivity contribution is -0.148. The van der Waals surface area contributed by atoms with Crippen molar-refractivity contribution in [1.29, 1.82) is 0 Å². The summed E-state index contributed by atoms with van der Waals surface area (Å²) >= 11 is 0. The molecule has 0 aliphatic carbocycles. The fourth-order valence-corrected chi connectivity index (χ4v) is 2.05. The van der Waals surface area contributed by atoms with Gasteiger partial charge in [-0.1, -0.05) is 6.07 Å². The number of benzene rings is 1. The number of methoxy groups -OCH3 is 2. The minimum Gasteiger partial charge on any atom is -0.497 e. The molecule has 1 unspecified atom stereocenters. The van der Waals surface area contributed by atoms with Gasteiger partial charge in [-0.2, -0.15) is 0 Å². The summed E-state index contributed by atoms with van der Waals surface area (Å²) in [5.74, 6) is 0.251. The van der Waals surface area contributed by atoms with Crippen LogP contribution in [0.1, 0.15) is 25.3 Å². The van der Waals surface area contributed by atoms with Crippen LogP contribution >= 0.6 is 0 Å². The highest BCUT2D eigenvalue weighted by molar-refractivity contribution is 5.83. The van der Waals surface area contributed by atoms with Gasteiger partial charge in [-0.05, 0) is 31.4 Å². The van der Waals surface area contributed by atoms with Gasteiger partial charge in [0.15, 0.2) is 0 Å². The molecule has 0 saturated carbocycles. The van der Waals surface area contributed by atoms with Crippen molar-refractivity contribution in [3.8, 4) is 11.5 Å². The zero-order valence-corrected chi connectivity index (χ0v) is 13.5. The van der Waals surface area contributed by atoms with E-state index in [0.717, 1.165) is 11.3 Å². The molecule has 0 aliphatic rings. The van der Waals surface area contributed by atoms with Crippen molar-refractivity contribution in [1.82, 2.24) is 4.90 Å². The first-order valence-electron chi connectivity index (χ1n) is 7.10. The van der Waals surface area contributed by atoms with Crippen LogP contribution in [0.3, 0.4) is 0 Å². The molecule has 0 heterocycles.